The molecule has 0 spiro atoms. The van der Waals surface area contributed by atoms with Gasteiger partial charge in [-0.05, 0) is 210 Å². The Balaban J connectivity index is 0.000000104. The number of rotatable bonds is 7. The van der Waals surface area contributed by atoms with Crippen molar-refractivity contribution in [2.75, 3.05) is 0 Å². The first-order valence-electron chi connectivity index (χ1n) is 47.8. The SMILES string of the molecule is Brc1ccc2c(ccc3ccccc32)c1.Clc1nc(-c2ccccc2)nc(-c2ccccc2)n1.PP.[CH3-].c1ccc(-c2nc(-c3ccccc3)nc(-n3c4ccccc4c4ccc5c6ccccc6n(-c6ccc7c(ccc8ccccc87)c6)c5c43)n2)cc1.c1ccc2c(c1)Cc1c-2ccc2c1Cc1ccccc1-2.c1ccc2c(c1)Cc1c-2ccc2c3ccccc3n(-c3ccc4c(ccc5ccccc54)c3)c12. The number of hydrogen-bond acceptors (Lipinski definition) is 6. The molecule has 30 rings (SSSR count). The Morgan fingerprint density at radius 1 is 0.217 bits per heavy atom. The molecule has 2 atom stereocenters. The van der Waals surface area contributed by atoms with Crippen LogP contribution in [-0.2, 0) is 19.3 Å². The average Bonchev–Trinajstić information content (AvgIpc) is 1.54. The molecule has 5 aromatic heterocycles. The molecule has 3 aliphatic carbocycles. The maximum absolute atomic E-state index is 5.99. The van der Waals surface area contributed by atoms with Crippen LogP contribution >= 0.6 is 45.4 Å². The highest BCUT2D eigenvalue weighted by Crippen LogP contribution is 2.50. The van der Waals surface area contributed by atoms with Gasteiger partial charge in [-0.3, -0.25) is 4.57 Å². The Kier molecular flexibility index (Phi) is 23.8. The maximum atomic E-state index is 5.99. The molecule has 0 saturated heterocycles. The van der Waals surface area contributed by atoms with Crippen LogP contribution in [0.4, 0.5) is 0 Å². The zero-order chi connectivity index (χ0) is 94.8. The zero-order valence-electron chi connectivity index (χ0n) is 78.0. The number of hydrogen-bond donors (Lipinski definition) is 0. The molecule has 0 N–H and O–H groups in total. The zero-order valence-corrected chi connectivity index (χ0v) is 82.7. The summed E-state index contributed by atoms with van der Waals surface area (Å²) in [5.74, 6) is 3.00. The van der Waals surface area contributed by atoms with Crippen molar-refractivity contribution in [2.45, 2.75) is 19.3 Å². The first-order valence-corrected chi connectivity index (χ1v) is 51.6. The summed E-state index contributed by atoms with van der Waals surface area (Å²) in [4.78, 5) is 28.3. The van der Waals surface area contributed by atoms with Crippen LogP contribution in [0.1, 0.15) is 33.4 Å². The average molecular weight is 1960 g/mol. The van der Waals surface area contributed by atoms with Gasteiger partial charge in [0.1, 0.15) is 0 Å². The van der Waals surface area contributed by atoms with Crippen molar-refractivity contribution >= 4 is 175 Å². The van der Waals surface area contributed by atoms with E-state index in [1.165, 1.54) is 159 Å². The van der Waals surface area contributed by atoms with Crippen LogP contribution in [0.5, 0.6) is 0 Å². The molecule has 3 aliphatic rings. The minimum absolute atomic E-state index is 0. The number of fused-ring (bicyclic) bond motifs is 30. The minimum atomic E-state index is 0. The third-order valence-corrected chi connectivity index (χ3v) is 28.8. The number of para-hydroxylation sites is 3. The molecule has 5 heterocycles. The molecule has 22 aromatic carbocycles. The molecular weight excluding hydrogens is 1860 g/mol. The fourth-order valence-corrected chi connectivity index (χ4v) is 22.3. The Morgan fingerprint density at radius 3 is 0.916 bits per heavy atom. The summed E-state index contributed by atoms with van der Waals surface area (Å²) in [6, 6.07) is 165. The van der Waals surface area contributed by atoms with Gasteiger partial charge in [0.2, 0.25) is 11.2 Å². The molecule has 680 valence electrons. The van der Waals surface area contributed by atoms with Crippen LogP contribution in [0.3, 0.4) is 0 Å². The Labute approximate surface area is 845 Å². The molecular formula is C130H90BrClN9P2-. The summed E-state index contributed by atoms with van der Waals surface area (Å²) < 4.78 is 8.29. The largest absolute Gasteiger partial charge is 0.358 e. The van der Waals surface area contributed by atoms with E-state index < -0.39 is 0 Å². The van der Waals surface area contributed by atoms with Crippen molar-refractivity contribution in [3.8, 4) is 96.3 Å². The van der Waals surface area contributed by atoms with Gasteiger partial charge in [-0.15, -0.1) is 17.9 Å². The number of halogens is 2. The van der Waals surface area contributed by atoms with Crippen LogP contribution in [0.2, 0.25) is 5.28 Å². The molecule has 0 radical (unpaired) electrons. The molecule has 2 unspecified atom stereocenters. The van der Waals surface area contributed by atoms with Crippen LogP contribution < -0.4 is 0 Å². The summed E-state index contributed by atoms with van der Waals surface area (Å²) in [5, 5.41) is 22.8. The third kappa shape index (κ3) is 16.2. The highest BCUT2D eigenvalue weighted by molar-refractivity contribution is 9.10. The summed E-state index contributed by atoms with van der Waals surface area (Å²) in [6.45, 7) is 0. The fourth-order valence-electron chi connectivity index (χ4n) is 21.7. The van der Waals surface area contributed by atoms with Crippen LogP contribution in [-0.4, -0.2) is 43.6 Å². The number of aromatic nitrogens is 9. The number of nitrogens with zero attached hydrogens (tertiary/aromatic N) is 9. The number of benzene rings is 22. The van der Waals surface area contributed by atoms with Crippen LogP contribution in [0.25, 0.3) is 226 Å². The Hall–Kier alpha value is -16.6. The van der Waals surface area contributed by atoms with Gasteiger partial charge in [-0.25, -0.2) is 9.97 Å². The van der Waals surface area contributed by atoms with Gasteiger partial charge in [-0.1, -0.05) is 428 Å². The van der Waals surface area contributed by atoms with E-state index in [0.717, 1.165) is 84.5 Å². The van der Waals surface area contributed by atoms with Crippen molar-refractivity contribution in [2.24, 2.45) is 0 Å². The molecule has 13 heteroatoms. The van der Waals surface area contributed by atoms with E-state index in [2.05, 4.69) is 432 Å². The molecule has 0 amide bonds. The van der Waals surface area contributed by atoms with Crippen molar-refractivity contribution in [3.63, 3.8) is 0 Å². The van der Waals surface area contributed by atoms with E-state index in [1.807, 2.05) is 97.1 Å². The second kappa shape index (κ2) is 38.2. The molecule has 0 bridgehead atoms. The molecule has 0 aliphatic heterocycles. The van der Waals surface area contributed by atoms with Crippen LogP contribution in [0.15, 0.2) is 472 Å². The van der Waals surface area contributed by atoms with Gasteiger partial charge in [-0.2, -0.15) is 19.9 Å². The van der Waals surface area contributed by atoms with Gasteiger partial charge in [0, 0.05) is 76.8 Å². The normalized spacial score (nSPS) is 11.8. The minimum Gasteiger partial charge on any atom is -0.358 e. The lowest BCUT2D eigenvalue weighted by Gasteiger charge is -2.14. The lowest BCUT2D eigenvalue weighted by molar-refractivity contribution is 0.953. The van der Waals surface area contributed by atoms with Gasteiger partial charge >= 0.3 is 0 Å². The quantitative estimate of drug-likeness (QED) is 0.0897. The monoisotopic (exact) mass is 1950 g/mol. The van der Waals surface area contributed by atoms with E-state index in [4.69, 9.17) is 26.6 Å². The third-order valence-electron chi connectivity index (χ3n) is 28.1. The highest BCUT2D eigenvalue weighted by atomic mass is 79.9. The summed E-state index contributed by atoms with van der Waals surface area (Å²) >= 11 is 9.48. The molecule has 0 fully saturated rings. The predicted octanol–water partition coefficient (Wildman–Crippen LogP) is 34.9. The first kappa shape index (κ1) is 89.1. The molecule has 27 aromatic rings. The van der Waals surface area contributed by atoms with Gasteiger partial charge < -0.3 is 16.6 Å². The highest BCUT2D eigenvalue weighted by Gasteiger charge is 2.30. The second-order valence-corrected chi connectivity index (χ2v) is 37.3. The summed E-state index contributed by atoms with van der Waals surface area (Å²) in [6.07, 6.45) is 3.18. The standard InChI is InChI=1S/C47H29N5.C33H21N.C20H14.C15H10ClN3.C14H9Br.CH3.H4P2/c1-3-14-31(15-4-1)45-48-46(32-16-5-2-6-17-32)50-47(49-45)52-42-22-12-10-20-38(42)40-28-27-39-37-19-9-11-21-41(37)51(43(39)44(40)52)34-25-26-36-33(29-34)24-23-30-13-7-8-18-35(30)36;1-3-9-25-21(7-1)13-14-23-19-24(15-16-27(23)25)34-32-12-6-5-11-29(32)30-18-17-28-26-10-4-2-8-22(26)20-31(28)33(30)34;1-3-7-15-13(5-1)11-19-17(15)9-10-18-16-8-4-2-6-14(16)12-20(18)19;16-15-18-13(11-7-3-1-4-8-11)17-14(19-15)12-9-5-2-6-10-12;15-12-7-8-14-11(9-12)6-5-10-3-1-2-4-13(10)14;;1-2/h1-29H;1-19H,20H2;1-10H,11-12H2;1-10H;1-9H;1H3;1-2H2/q;;;;;-1;. The van der Waals surface area contributed by atoms with E-state index >= 15 is 0 Å². The second-order valence-electron chi connectivity index (χ2n) is 36.1. The van der Waals surface area contributed by atoms with Gasteiger partial charge in [0.25, 0.3) is 0 Å². The van der Waals surface area contributed by atoms with E-state index in [0.29, 0.717) is 29.2 Å². The summed E-state index contributed by atoms with van der Waals surface area (Å²) in [5.41, 5.74) is 30.4. The van der Waals surface area contributed by atoms with Crippen molar-refractivity contribution in [1.82, 2.24) is 43.6 Å². The smallest absolute Gasteiger partial charge is 0.238 e. The first-order chi connectivity index (χ1) is 70.2. The van der Waals surface area contributed by atoms with Gasteiger partial charge in [0.15, 0.2) is 23.3 Å². The lowest BCUT2D eigenvalue weighted by Crippen LogP contribution is -2.07. The fraction of sp³-hybridized carbons (Fsp3) is 0.0231. The van der Waals surface area contributed by atoms with E-state index in [9.17, 15) is 0 Å². The van der Waals surface area contributed by atoms with Crippen molar-refractivity contribution in [1.29, 1.82) is 0 Å². The topological polar surface area (TPSA) is 92.1 Å². The van der Waals surface area contributed by atoms with E-state index in [1.54, 1.807) is 11.1 Å². The van der Waals surface area contributed by atoms with Crippen molar-refractivity contribution < 1.29 is 0 Å². The molecule has 0 saturated carbocycles. The lowest BCUT2D eigenvalue weighted by atomic mass is 9.96. The van der Waals surface area contributed by atoms with Crippen molar-refractivity contribution in [3.05, 3.63) is 518 Å². The van der Waals surface area contributed by atoms with E-state index in [-0.39, 0.29) is 12.7 Å². The maximum Gasteiger partial charge on any atom is 0.238 e. The Morgan fingerprint density at radius 2 is 0.497 bits per heavy atom. The Bertz CT molecular complexity index is 9480. The molecule has 9 nitrogen and oxygen atoms in total. The summed E-state index contributed by atoms with van der Waals surface area (Å²) in [7, 11) is 4.67. The van der Waals surface area contributed by atoms with Crippen LogP contribution in [0, 0.1) is 7.43 Å². The van der Waals surface area contributed by atoms with Gasteiger partial charge in [0.05, 0.1) is 33.1 Å². The molecule has 143 heavy (non-hydrogen) atoms. The predicted molar refractivity (Wildman–Crippen MR) is 612 cm³/mol.